The van der Waals surface area contributed by atoms with E-state index in [2.05, 4.69) is 26.1 Å². The Morgan fingerprint density at radius 1 is 1.35 bits per heavy atom. The zero-order valence-electron chi connectivity index (χ0n) is 10.9. The SMILES string of the molecule is CCCNCc1cc(F)ccc1SCC(C)C. The lowest BCUT2D eigenvalue weighted by molar-refractivity contribution is 0.615. The molecular weight excluding hydrogens is 233 g/mol. The van der Waals surface area contributed by atoms with E-state index in [0.717, 1.165) is 30.8 Å². The predicted octanol–water partition coefficient (Wildman–Crippen LogP) is 4.07. The summed E-state index contributed by atoms with van der Waals surface area (Å²) < 4.78 is 13.2. The molecule has 17 heavy (non-hydrogen) atoms. The highest BCUT2D eigenvalue weighted by Gasteiger charge is 2.05. The van der Waals surface area contributed by atoms with Crippen LogP contribution < -0.4 is 5.32 Å². The highest BCUT2D eigenvalue weighted by Crippen LogP contribution is 2.25. The molecule has 0 aliphatic heterocycles. The summed E-state index contributed by atoms with van der Waals surface area (Å²) in [6.45, 7) is 8.26. The Hall–Kier alpha value is -0.540. The molecule has 0 fully saturated rings. The van der Waals surface area contributed by atoms with Gasteiger partial charge in [0.05, 0.1) is 0 Å². The van der Waals surface area contributed by atoms with Crippen LogP contribution in [0.3, 0.4) is 0 Å². The Balaban J connectivity index is 2.66. The monoisotopic (exact) mass is 255 g/mol. The minimum atomic E-state index is -0.146. The van der Waals surface area contributed by atoms with Crippen molar-refractivity contribution >= 4 is 11.8 Å². The standard InChI is InChI=1S/C14H22FNS/c1-4-7-16-9-12-8-13(15)5-6-14(12)17-10-11(2)3/h5-6,8,11,16H,4,7,9-10H2,1-3H3. The highest BCUT2D eigenvalue weighted by atomic mass is 32.2. The second kappa shape index (κ2) is 7.72. The fourth-order valence-corrected chi connectivity index (χ4v) is 2.48. The van der Waals surface area contributed by atoms with Crippen LogP contribution in [0, 0.1) is 11.7 Å². The molecule has 0 saturated heterocycles. The third-order valence-corrected chi connectivity index (χ3v) is 3.88. The number of thioether (sulfide) groups is 1. The summed E-state index contributed by atoms with van der Waals surface area (Å²) in [7, 11) is 0. The van der Waals surface area contributed by atoms with E-state index in [9.17, 15) is 4.39 Å². The van der Waals surface area contributed by atoms with Gasteiger partial charge in [-0.15, -0.1) is 11.8 Å². The lowest BCUT2D eigenvalue weighted by atomic mass is 10.2. The molecular formula is C14H22FNS. The molecule has 1 nitrogen and oxygen atoms in total. The smallest absolute Gasteiger partial charge is 0.123 e. The molecule has 0 bridgehead atoms. The molecule has 0 heterocycles. The summed E-state index contributed by atoms with van der Waals surface area (Å²) in [5.41, 5.74) is 1.07. The molecule has 1 aromatic carbocycles. The minimum Gasteiger partial charge on any atom is -0.313 e. The van der Waals surface area contributed by atoms with Crippen LogP contribution in [-0.2, 0) is 6.54 Å². The maximum absolute atomic E-state index is 13.2. The van der Waals surface area contributed by atoms with Gasteiger partial charge in [0, 0.05) is 17.2 Å². The Bertz CT molecular complexity index is 339. The highest BCUT2D eigenvalue weighted by molar-refractivity contribution is 7.99. The first-order valence-electron chi connectivity index (χ1n) is 6.25. The fraction of sp³-hybridized carbons (Fsp3) is 0.571. The van der Waals surface area contributed by atoms with Crippen molar-refractivity contribution in [3.8, 4) is 0 Å². The molecule has 0 aliphatic rings. The Labute approximate surface area is 108 Å². The number of hydrogen-bond donors (Lipinski definition) is 1. The van der Waals surface area contributed by atoms with Crippen molar-refractivity contribution in [1.29, 1.82) is 0 Å². The van der Waals surface area contributed by atoms with Gasteiger partial charge in [-0.2, -0.15) is 0 Å². The normalized spacial score (nSPS) is 11.1. The zero-order chi connectivity index (χ0) is 12.7. The third-order valence-electron chi connectivity index (χ3n) is 2.34. The van der Waals surface area contributed by atoms with Crippen LogP contribution in [-0.4, -0.2) is 12.3 Å². The number of hydrogen-bond acceptors (Lipinski definition) is 2. The van der Waals surface area contributed by atoms with Crippen molar-refractivity contribution in [2.75, 3.05) is 12.3 Å². The average molecular weight is 255 g/mol. The minimum absolute atomic E-state index is 0.146. The summed E-state index contributed by atoms with van der Waals surface area (Å²) in [6.07, 6.45) is 1.10. The van der Waals surface area contributed by atoms with Crippen molar-refractivity contribution in [3.63, 3.8) is 0 Å². The second-order valence-corrected chi connectivity index (χ2v) is 5.70. The number of nitrogens with one attached hydrogen (secondary N) is 1. The number of rotatable bonds is 7. The van der Waals surface area contributed by atoms with Crippen molar-refractivity contribution in [1.82, 2.24) is 5.32 Å². The molecule has 1 N–H and O–H groups in total. The Kier molecular flexibility index (Phi) is 6.60. The van der Waals surface area contributed by atoms with Gasteiger partial charge in [0.2, 0.25) is 0 Å². The van der Waals surface area contributed by atoms with Gasteiger partial charge in [-0.25, -0.2) is 4.39 Å². The molecule has 0 saturated carbocycles. The van der Waals surface area contributed by atoms with E-state index in [4.69, 9.17) is 0 Å². The molecule has 96 valence electrons. The van der Waals surface area contributed by atoms with E-state index in [1.165, 1.54) is 4.90 Å². The summed E-state index contributed by atoms with van der Waals surface area (Å²) in [5.74, 6) is 1.58. The van der Waals surface area contributed by atoms with Crippen molar-refractivity contribution in [2.24, 2.45) is 5.92 Å². The van der Waals surface area contributed by atoms with E-state index in [1.54, 1.807) is 12.1 Å². The molecule has 3 heteroatoms. The first-order chi connectivity index (χ1) is 8.13. The molecule has 0 unspecified atom stereocenters. The van der Waals surface area contributed by atoms with E-state index < -0.39 is 0 Å². The summed E-state index contributed by atoms with van der Waals surface area (Å²) in [6, 6.07) is 5.09. The third kappa shape index (κ3) is 5.55. The second-order valence-electron chi connectivity index (χ2n) is 4.63. The van der Waals surface area contributed by atoms with Crippen molar-refractivity contribution in [2.45, 2.75) is 38.6 Å². The van der Waals surface area contributed by atoms with Crippen LogP contribution in [0.5, 0.6) is 0 Å². The van der Waals surface area contributed by atoms with Gasteiger partial charge in [-0.05, 0) is 42.6 Å². The van der Waals surface area contributed by atoms with Gasteiger partial charge in [-0.1, -0.05) is 20.8 Å². The lowest BCUT2D eigenvalue weighted by Crippen LogP contribution is -2.14. The summed E-state index contributed by atoms with van der Waals surface area (Å²) >= 11 is 1.82. The van der Waals surface area contributed by atoms with Gasteiger partial charge in [-0.3, -0.25) is 0 Å². The maximum Gasteiger partial charge on any atom is 0.123 e. The van der Waals surface area contributed by atoms with Crippen LogP contribution in [0.15, 0.2) is 23.1 Å². The Morgan fingerprint density at radius 2 is 2.12 bits per heavy atom. The Morgan fingerprint density at radius 3 is 2.76 bits per heavy atom. The molecule has 0 spiro atoms. The van der Waals surface area contributed by atoms with Gasteiger partial charge in [0.25, 0.3) is 0 Å². The van der Waals surface area contributed by atoms with Crippen LogP contribution >= 0.6 is 11.8 Å². The maximum atomic E-state index is 13.2. The van der Waals surface area contributed by atoms with Crippen molar-refractivity contribution in [3.05, 3.63) is 29.6 Å². The van der Waals surface area contributed by atoms with E-state index >= 15 is 0 Å². The van der Waals surface area contributed by atoms with E-state index in [-0.39, 0.29) is 5.82 Å². The van der Waals surface area contributed by atoms with E-state index in [0.29, 0.717) is 5.92 Å². The average Bonchev–Trinajstić information content (AvgIpc) is 2.28. The number of halogens is 1. The summed E-state index contributed by atoms with van der Waals surface area (Å²) in [4.78, 5) is 1.20. The quantitative estimate of drug-likeness (QED) is 0.582. The van der Waals surface area contributed by atoms with Crippen LogP contribution in [0.25, 0.3) is 0 Å². The van der Waals surface area contributed by atoms with Gasteiger partial charge in [0.15, 0.2) is 0 Å². The van der Waals surface area contributed by atoms with Crippen LogP contribution in [0.4, 0.5) is 4.39 Å². The fourth-order valence-electron chi connectivity index (χ4n) is 1.48. The van der Waals surface area contributed by atoms with Gasteiger partial charge >= 0.3 is 0 Å². The molecule has 0 radical (unpaired) electrons. The molecule has 1 aromatic rings. The van der Waals surface area contributed by atoms with Crippen LogP contribution in [0.1, 0.15) is 32.8 Å². The topological polar surface area (TPSA) is 12.0 Å². The lowest BCUT2D eigenvalue weighted by Gasteiger charge is -2.11. The molecule has 0 amide bonds. The first kappa shape index (κ1) is 14.5. The van der Waals surface area contributed by atoms with Crippen LogP contribution in [0.2, 0.25) is 0 Å². The van der Waals surface area contributed by atoms with Crippen molar-refractivity contribution < 1.29 is 4.39 Å². The van der Waals surface area contributed by atoms with Gasteiger partial charge < -0.3 is 5.32 Å². The number of benzene rings is 1. The predicted molar refractivity (Wildman–Crippen MR) is 74.0 cm³/mol. The van der Waals surface area contributed by atoms with E-state index in [1.807, 2.05) is 17.8 Å². The molecule has 0 atom stereocenters. The molecule has 1 rings (SSSR count). The molecule has 0 aromatic heterocycles. The largest absolute Gasteiger partial charge is 0.313 e. The summed E-state index contributed by atoms with van der Waals surface area (Å²) in [5, 5.41) is 3.33. The zero-order valence-corrected chi connectivity index (χ0v) is 11.7. The van der Waals surface area contributed by atoms with Gasteiger partial charge in [0.1, 0.15) is 5.82 Å². The molecule has 0 aliphatic carbocycles. The first-order valence-corrected chi connectivity index (χ1v) is 7.24.